The SMILES string of the molecule is CC(NC(=O)c1ccc2c(c1)CCCN2S(=O)(=O)c1ccc(Cl)cc1)c1ccc(F)cc1. The first-order chi connectivity index (χ1) is 15.3. The molecule has 0 bridgehead atoms. The number of hydrogen-bond donors (Lipinski definition) is 1. The number of fused-ring (bicyclic) bond motifs is 1. The Morgan fingerprint density at radius 1 is 1.06 bits per heavy atom. The van der Waals surface area contributed by atoms with Crippen molar-refractivity contribution in [3.63, 3.8) is 0 Å². The van der Waals surface area contributed by atoms with Crippen LogP contribution in [0.1, 0.15) is 40.9 Å². The first-order valence-corrected chi connectivity index (χ1v) is 12.0. The zero-order valence-corrected chi connectivity index (χ0v) is 19.0. The van der Waals surface area contributed by atoms with Crippen LogP contribution in [0.25, 0.3) is 0 Å². The van der Waals surface area contributed by atoms with Gasteiger partial charge in [0.25, 0.3) is 15.9 Å². The van der Waals surface area contributed by atoms with Crippen LogP contribution in [0.2, 0.25) is 5.02 Å². The van der Waals surface area contributed by atoms with Crippen LogP contribution in [0.15, 0.2) is 71.6 Å². The predicted molar refractivity (Wildman–Crippen MR) is 123 cm³/mol. The highest BCUT2D eigenvalue weighted by molar-refractivity contribution is 7.92. The molecule has 166 valence electrons. The summed E-state index contributed by atoms with van der Waals surface area (Å²) in [6, 6.07) is 16.8. The van der Waals surface area contributed by atoms with Crippen molar-refractivity contribution >= 4 is 33.2 Å². The van der Waals surface area contributed by atoms with Gasteiger partial charge in [-0.15, -0.1) is 0 Å². The number of halogens is 2. The van der Waals surface area contributed by atoms with Crippen molar-refractivity contribution in [3.8, 4) is 0 Å². The molecule has 5 nitrogen and oxygen atoms in total. The molecule has 0 saturated carbocycles. The van der Waals surface area contributed by atoms with E-state index < -0.39 is 10.0 Å². The van der Waals surface area contributed by atoms with Crippen molar-refractivity contribution < 1.29 is 17.6 Å². The Bertz CT molecular complexity index is 1250. The lowest BCUT2D eigenvalue weighted by Crippen LogP contribution is -2.35. The summed E-state index contributed by atoms with van der Waals surface area (Å²) in [6.07, 6.45) is 1.33. The molecule has 1 heterocycles. The van der Waals surface area contributed by atoms with E-state index in [9.17, 15) is 17.6 Å². The summed E-state index contributed by atoms with van der Waals surface area (Å²) in [5.74, 6) is -0.609. The fraction of sp³-hybridized carbons (Fsp3) is 0.208. The molecule has 0 aliphatic carbocycles. The van der Waals surface area contributed by atoms with Gasteiger partial charge in [-0.2, -0.15) is 0 Å². The number of nitrogens with zero attached hydrogens (tertiary/aromatic N) is 1. The Kier molecular flexibility index (Phi) is 6.22. The molecule has 1 N–H and O–H groups in total. The van der Waals surface area contributed by atoms with Gasteiger partial charge in [-0.3, -0.25) is 9.10 Å². The van der Waals surface area contributed by atoms with E-state index in [1.807, 2.05) is 6.92 Å². The van der Waals surface area contributed by atoms with Gasteiger partial charge in [0.05, 0.1) is 16.6 Å². The number of nitrogens with one attached hydrogen (secondary N) is 1. The van der Waals surface area contributed by atoms with Gasteiger partial charge >= 0.3 is 0 Å². The third-order valence-corrected chi connectivity index (χ3v) is 7.62. The van der Waals surface area contributed by atoms with Crippen LogP contribution in [0.4, 0.5) is 10.1 Å². The molecule has 32 heavy (non-hydrogen) atoms. The Balaban J connectivity index is 1.57. The Morgan fingerprint density at radius 3 is 2.44 bits per heavy atom. The normalized spacial score (nSPS) is 14.5. The van der Waals surface area contributed by atoms with Crippen molar-refractivity contribution in [1.29, 1.82) is 0 Å². The minimum absolute atomic E-state index is 0.171. The van der Waals surface area contributed by atoms with Crippen molar-refractivity contribution in [1.82, 2.24) is 5.32 Å². The Morgan fingerprint density at radius 2 is 1.75 bits per heavy atom. The highest BCUT2D eigenvalue weighted by atomic mass is 35.5. The molecule has 8 heteroatoms. The third kappa shape index (κ3) is 4.49. The molecule has 0 aromatic heterocycles. The summed E-state index contributed by atoms with van der Waals surface area (Å²) >= 11 is 5.89. The minimum Gasteiger partial charge on any atom is -0.346 e. The van der Waals surface area contributed by atoms with E-state index in [2.05, 4.69) is 5.32 Å². The smallest absolute Gasteiger partial charge is 0.264 e. The highest BCUT2D eigenvalue weighted by Crippen LogP contribution is 2.33. The second-order valence-corrected chi connectivity index (χ2v) is 10.0. The largest absolute Gasteiger partial charge is 0.346 e. The van der Waals surface area contributed by atoms with Crippen LogP contribution in [0.5, 0.6) is 0 Å². The van der Waals surface area contributed by atoms with Crippen molar-refractivity contribution in [2.45, 2.75) is 30.7 Å². The van der Waals surface area contributed by atoms with Gasteiger partial charge in [0, 0.05) is 17.1 Å². The van der Waals surface area contributed by atoms with Crippen molar-refractivity contribution in [2.24, 2.45) is 0 Å². The average molecular weight is 473 g/mol. The van der Waals surface area contributed by atoms with Crippen LogP contribution in [-0.2, 0) is 16.4 Å². The molecule has 1 amide bonds. The second-order valence-electron chi connectivity index (χ2n) is 7.72. The maximum absolute atomic E-state index is 13.2. The summed E-state index contributed by atoms with van der Waals surface area (Å²) in [5.41, 5.74) is 2.62. The average Bonchev–Trinajstić information content (AvgIpc) is 2.79. The van der Waals surface area contributed by atoms with Gasteiger partial charge < -0.3 is 5.32 Å². The molecule has 0 spiro atoms. The number of rotatable bonds is 5. The van der Waals surface area contributed by atoms with Gasteiger partial charge in [0.15, 0.2) is 0 Å². The van der Waals surface area contributed by atoms with E-state index in [1.54, 1.807) is 42.5 Å². The summed E-state index contributed by atoms with van der Waals surface area (Å²) in [4.78, 5) is 13.0. The lowest BCUT2D eigenvalue weighted by atomic mass is 10.00. The van der Waals surface area contributed by atoms with E-state index in [4.69, 9.17) is 11.6 Å². The minimum atomic E-state index is -3.74. The summed E-state index contributed by atoms with van der Waals surface area (Å²) in [7, 11) is -3.74. The van der Waals surface area contributed by atoms with Gasteiger partial charge in [0.2, 0.25) is 0 Å². The topological polar surface area (TPSA) is 66.5 Å². The van der Waals surface area contributed by atoms with E-state index in [-0.39, 0.29) is 22.7 Å². The first-order valence-electron chi connectivity index (χ1n) is 10.2. The van der Waals surface area contributed by atoms with Crippen LogP contribution in [0.3, 0.4) is 0 Å². The maximum Gasteiger partial charge on any atom is 0.264 e. The molecule has 4 rings (SSSR count). The van der Waals surface area contributed by atoms with Gasteiger partial charge in [-0.25, -0.2) is 12.8 Å². The maximum atomic E-state index is 13.2. The van der Waals surface area contributed by atoms with E-state index in [1.165, 1.54) is 28.6 Å². The first kappa shape index (κ1) is 22.3. The third-order valence-electron chi connectivity index (χ3n) is 5.54. The molecular weight excluding hydrogens is 451 g/mol. The van der Waals surface area contributed by atoms with E-state index in [0.717, 1.165) is 11.1 Å². The molecule has 0 saturated heterocycles. The van der Waals surface area contributed by atoms with Crippen molar-refractivity contribution in [2.75, 3.05) is 10.8 Å². The predicted octanol–water partition coefficient (Wildman–Crippen LogP) is 5.11. The standard InChI is InChI=1S/C24H22ClFN2O3S/c1-16(17-4-9-21(26)10-5-17)27-24(29)19-6-13-23-18(15-19)3-2-14-28(23)32(30,31)22-11-7-20(25)8-12-22/h4-13,15-16H,2-3,14H2,1H3,(H,27,29). The van der Waals surface area contributed by atoms with E-state index in [0.29, 0.717) is 35.7 Å². The lowest BCUT2D eigenvalue weighted by Gasteiger charge is -2.31. The number of carbonyl (C=O) groups excluding carboxylic acids is 1. The number of benzene rings is 3. The fourth-order valence-electron chi connectivity index (χ4n) is 3.80. The Labute approximate surface area is 191 Å². The quantitative estimate of drug-likeness (QED) is 0.561. The lowest BCUT2D eigenvalue weighted by molar-refractivity contribution is 0.0940. The summed E-state index contributed by atoms with van der Waals surface area (Å²) in [5, 5.41) is 3.37. The molecule has 0 radical (unpaired) electrons. The second kappa shape index (κ2) is 8.92. The molecule has 1 atom stereocenters. The molecular formula is C24H22ClFN2O3S. The monoisotopic (exact) mass is 472 g/mol. The number of anilines is 1. The van der Waals surface area contributed by atoms with Crippen LogP contribution in [0, 0.1) is 5.82 Å². The highest BCUT2D eigenvalue weighted by Gasteiger charge is 2.29. The Hall–Kier alpha value is -2.90. The number of amides is 1. The molecule has 0 fully saturated rings. The molecule has 1 unspecified atom stereocenters. The molecule has 3 aromatic carbocycles. The summed E-state index contributed by atoms with van der Waals surface area (Å²) < 4.78 is 40.9. The van der Waals surface area contributed by atoms with Crippen LogP contribution < -0.4 is 9.62 Å². The van der Waals surface area contributed by atoms with Crippen LogP contribution >= 0.6 is 11.6 Å². The van der Waals surface area contributed by atoms with Gasteiger partial charge in [-0.1, -0.05) is 23.7 Å². The fourth-order valence-corrected chi connectivity index (χ4v) is 5.47. The summed E-state index contributed by atoms with van der Waals surface area (Å²) in [6.45, 7) is 2.19. The zero-order valence-electron chi connectivity index (χ0n) is 17.4. The zero-order chi connectivity index (χ0) is 22.9. The number of hydrogen-bond acceptors (Lipinski definition) is 3. The number of sulfonamides is 1. The van der Waals surface area contributed by atoms with Crippen LogP contribution in [-0.4, -0.2) is 20.9 Å². The van der Waals surface area contributed by atoms with Crippen molar-refractivity contribution in [3.05, 3.63) is 94.3 Å². The number of carbonyl (C=O) groups is 1. The van der Waals surface area contributed by atoms with Gasteiger partial charge in [0.1, 0.15) is 5.82 Å². The molecule has 1 aliphatic heterocycles. The number of aryl methyl sites for hydroxylation is 1. The molecule has 3 aromatic rings. The van der Waals surface area contributed by atoms with Gasteiger partial charge in [-0.05, 0) is 85.5 Å². The molecule has 1 aliphatic rings. The van der Waals surface area contributed by atoms with E-state index >= 15 is 0 Å².